The number of nitrogens with one attached hydrogen (secondary N) is 1. The maximum Gasteiger partial charge on any atom is 0.0534 e. The molecule has 1 aliphatic heterocycles. The predicted octanol–water partition coefficient (Wildman–Crippen LogP) is 3.24. The monoisotopic (exact) mass is 260 g/mol. The van der Waals surface area contributed by atoms with Crippen molar-refractivity contribution in [3.05, 3.63) is 35.9 Å². The molecule has 106 valence electrons. The summed E-state index contributed by atoms with van der Waals surface area (Å²) in [5.41, 5.74) is 1.50. The molecule has 1 aromatic rings. The summed E-state index contributed by atoms with van der Waals surface area (Å²) in [4.78, 5) is 2.64. The summed E-state index contributed by atoms with van der Waals surface area (Å²) in [5.74, 6) is 0.790. The fourth-order valence-corrected chi connectivity index (χ4v) is 2.97. The molecule has 1 fully saturated rings. The average molecular weight is 260 g/mol. The third kappa shape index (κ3) is 3.80. The van der Waals surface area contributed by atoms with Gasteiger partial charge >= 0.3 is 0 Å². The van der Waals surface area contributed by atoms with Gasteiger partial charge in [0.05, 0.1) is 5.54 Å². The van der Waals surface area contributed by atoms with Gasteiger partial charge in [0.15, 0.2) is 0 Å². The molecule has 1 heterocycles. The van der Waals surface area contributed by atoms with Crippen molar-refractivity contribution in [1.82, 2.24) is 10.2 Å². The molecule has 0 saturated carbocycles. The van der Waals surface area contributed by atoms with Crippen LogP contribution < -0.4 is 5.32 Å². The highest BCUT2D eigenvalue weighted by Crippen LogP contribution is 2.24. The van der Waals surface area contributed by atoms with Crippen molar-refractivity contribution >= 4 is 0 Å². The van der Waals surface area contributed by atoms with E-state index in [4.69, 9.17) is 0 Å². The zero-order chi connectivity index (χ0) is 13.7. The normalized spacial score (nSPS) is 26.9. The minimum absolute atomic E-state index is 0.0885. The first-order valence-electron chi connectivity index (χ1n) is 7.67. The van der Waals surface area contributed by atoms with Gasteiger partial charge in [-0.15, -0.1) is 0 Å². The second kappa shape index (κ2) is 6.53. The average Bonchev–Trinajstić information content (AvgIpc) is 2.62. The second-order valence-electron chi connectivity index (χ2n) is 6.23. The van der Waals surface area contributed by atoms with E-state index in [1.807, 2.05) is 0 Å². The van der Waals surface area contributed by atoms with Gasteiger partial charge in [0, 0.05) is 13.1 Å². The summed E-state index contributed by atoms with van der Waals surface area (Å²) in [6.07, 6.45) is 2.52. The Morgan fingerprint density at radius 3 is 2.74 bits per heavy atom. The Labute approximate surface area is 118 Å². The Morgan fingerprint density at radius 1 is 1.32 bits per heavy atom. The van der Waals surface area contributed by atoms with Crippen molar-refractivity contribution in [3.8, 4) is 0 Å². The standard InChI is InChI=1S/C17H28N2/c1-4-15(2)13-19-12-8-11-18-17(3,14-19)16-9-6-5-7-10-16/h5-7,9-10,15,18H,4,8,11-14H2,1-3H3. The van der Waals surface area contributed by atoms with Crippen LogP contribution in [0.3, 0.4) is 0 Å². The molecule has 0 radical (unpaired) electrons. The quantitative estimate of drug-likeness (QED) is 0.894. The van der Waals surface area contributed by atoms with Crippen molar-refractivity contribution in [2.75, 3.05) is 26.2 Å². The van der Waals surface area contributed by atoms with Crippen LogP contribution in [0, 0.1) is 5.92 Å². The van der Waals surface area contributed by atoms with Crippen molar-refractivity contribution in [2.24, 2.45) is 5.92 Å². The predicted molar refractivity (Wildman–Crippen MR) is 82.3 cm³/mol. The molecule has 0 bridgehead atoms. The van der Waals surface area contributed by atoms with Crippen LogP contribution >= 0.6 is 0 Å². The minimum Gasteiger partial charge on any atom is -0.307 e. The summed E-state index contributed by atoms with van der Waals surface area (Å²) in [6.45, 7) is 11.7. The second-order valence-corrected chi connectivity index (χ2v) is 6.23. The molecule has 2 atom stereocenters. The third-order valence-corrected chi connectivity index (χ3v) is 4.38. The zero-order valence-electron chi connectivity index (χ0n) is 12.7. The van der Waals surface area contributed by atoms with Crippen LogP contribution in [0.1, 0.15) is 39.2 Å². The van der Waals surface area contributed by atoms with E-state index in [1.165, 1.54) is 31.5 Å². The molecule has 0 aromatic heterocycles. The van der Waals surface area contributed by atoms with Crippen molar-refractivity contribution in [2.45, 2.75) is 39.2 Å². The fraction of sp³-hybridized carbons (Fsp3) is 0.647. The Morgan fingerprint density at radius 2 is 2.05 bits per heavy atom. The molecule has 0 spiro atoms. The molecular formula is C17H28N2. The van der Waals surface area contributed by atoms with Crippen LogP contribution in [0.15, 0.2) is 30.3 Å². The first-order valence-corrected chi connectivity index (χ1v) is 7.67. The van der Waals surface area contributed by atoms with Gasteiger partial charge in [-0.05, 0) is 37.9 Å². The summed E-state index contributed by atoms with van der Waals surface area (Å²) in [6, 6.07) is 10.9. The fourth-order valence-electron chi connectivity index (χ4n) is 2.97. The lowest BCUT2D eigenvalue weighted by molar-refractivity contribution is 0.194. The first-order chi connectivity index (χ1) is 9.14. The lowest BCUT2D eigenvalue weighted by Crippen LogP contribution is -2.47. The van der Waals surface area contributed by atoms with Gasteiger partial charge in [-0.1, -0.05) is 50.6 Å². The third-order valence-electron chi connectivity index (χ3n) is 4.38. The Kier molecular flexibility index (Phi) is 5.00. The van der Waals surface area contributed by atoms with E-state index in [2.05, 4.69) is 61.3 Å². The zero-order valence-corrected chi connectivity index (χ0v) is 12.7. The van der Waals surface area contributed by atoms with Gasteiger partial charge in [0.1, 0.15) is 0 Å². The maximum atomic E-state index is 3.75. The molecule has 1 N–H and O–H groups in total. The lowest BCUT2D eigenvalue weighted by atomic mass is 9.91. The van der Waals surface area contributed by atoms with Crippen molar-refractivity contribution < 1.29 is 0 Å². The van der Waals surface area contributed by atoms with Crippen LogP contribution in [0.25, 0.3) is 0 Å². The van der Waals surface area contributed by atoms with Gasteiger partial charge in [-0.25, -0.2) is 0 Å². The highest BCUT2D eigenvalue weighted by Gasteiger charge is 2.30. The van der Waals surface area contributed by atoms with Gasteiger partial charge in [-0.2, -0.15) is 0 Å². The van der Waals surface area contributed by atoms with Crippen LogP contribution in [-0.4, -0.2) is 31.1 Å². The number of rotatable bonds is 4. The van der Waals surface area contributed by atoms with Crippen molar-refractivity contribution in [1.29, 1.82) is 0 Å². The number of benzene rings is 1. The van der Waals surface area contributed by atoms with Gasteiger partial charge in [-0.3, -0.25) is 0 Å². The van der Waals surface area contributed by atoms with Crippen LogP contribution in [0.2, 0.25) is 0 Å². The SMILES string of the molecule is CCC(C)CN1CCCNC(C)(c2ccccc2)C1. The first kappa shape index (κ1) is 14.5. The molecule has 2 unspecified atom stereocenters. The van der Waals surface area contributed by atoms with E-state index >= 15 is 0 Å². The van der Waals surface area contributed by atoms with Crippen molar-refractivity contribution in [3.63, 3.8) is 0 Å². The summed E-state index contributed by atoms with van der Waals surface area (Å²) in [7, 11) is 0. The molecular weight excluding hydrogens is 232 g/mol. The smallest absolute Gasteiger partial charge is 0.0534 e. The minimum atomic E-state index is 0.0885. The largest absolute Gasteiger partial charge is 0.307 e. The van der Waals surface area contributed by atoms with Gasteiger partial charge in [0.25, 0.3) is 0 Å². The molecule has 1 aliphatic rings. The number of hydrogen-bond acceptors (Lipinski definition) is 2. The summed E-state index contributed by atoms with van der Waals surface area (Å²) >= 11 is 0. The van der Waals surface area contributed by atoms with E-state index in [0.29, 0.717) is 0 Å². The Hall–Kier alpha value is -0.860. The van der Waals surface area contributed by atoms with E-state index in [-0.39, 0.29) is 5.54 Å². The van der Waals surface area contributed by atoms with Gasteiger partial charge < -0.3 is 10.2 Å². The Balaban J connectivity index is 2.11. The van der Waals surface area contributed by atoms with E-state index in [1.54, 1.807) is 0 Å². The Bertz CT molecular complexity index is 376. The van der Waals surface area contributed by atoms with Crippen LogP contribution in [0.5, 0.6) is 0 Å². The van der Waals surface area contributed by atoms with Crippen LogP contribution in [-0.2, 0) is 5.54 Å². The molecule has 2 heteroatoms. The van der Waals surface area contributed by atoms with Crippen LogP contribution in [0.4, 0.5) is 0 Å². The molecule has 19 heavy (non-hydrogen) atoms. The lowest BCUT2D eigenvalue weighted by Gasteiger charge is -2.35. The van der Waals surface area contributed by atoms with E-state index in [0.717, 1.165) is 19.0 Å². The van der Waals surface area contributed by atoms with Gasteiger partial charge in [0.2, 0.25) is 0 Å². The molecule has 0 aliphatic carbocycles. The highest BCUT2D eigenvalue weighted by atomic mass is 15.2. The highest BCUT2D eigenvalue weighted by molar-refractivity contribution is 5.24. The molecule has 2 rings (SSSR count). The molecule has 1 aromatic carbocycles. The molecule has 0 amide bonds. The maximum absolute atomic E-state index is 3.75. The number of nitrogens with zero attached hydrogens (tertiary/aromatic N) is 1. The molecule has 1 saturated heterocycles. The summed E-state index contributed by atoms with van der Waals surface area (Å²) < 4.78 is 0. The summed E-state index contributed by atoms with van der Waals surface area (Å²) in [5, 5.41) is 3.75. The topological polar surface area (TPSA) is 15.3 Å². The number of hydrogen-bond donors (Lipinski definition) is 1. The molecule has 2 nitrogen and oxygen atoms in total. The van der Waals surface area contributed by atoms with E-state index in [9.17, 15) is 0 Å². The van der Waals surface area contributed by atoms with E-state index < -0.39 is 0 Å².